The Bertz CT molecular complexity index is 867. The summed E-state index contributed by atoms with van der Waals surface area (Å²) >= 11 is 1.55. The Morgan fingerprint density at radius 1 is 1.31 bits per heavy atom. The van der Waals surface area contributed by atoms with Crippen molar-refractivity contribution in [1.82, 2.24) is 19.6 Å². The first kappa shape index (κ1) is 18.4. The van der Waals surface area contributed by atoms with E-state index in [2.05, 4.69) is 15.2 Å². The molecule has 0 saturated heterocycles. The smallest absolute Gasteiger partial charge is 0.225 e. The average Bonchev–Trinajstić information content (AvgIpc) is 3.21. The number of methoxy groups -OCH3 is 1. The van der Waals surface area contributed by atoms with E-state index in [1.807, 2.05) is 54.3 Å². The Morgan fingerprint density at radius 2 is 2.08 bits per heavy atom. The summed E-state index contributed by atoms with van der Waals surface area (Å²) in [4.78, 5) is 19.8. The molecule has 0 unspecified atom stereocenters. The molecule has 0 bridgehead atoms. The zero-order valence-corrected chi connectivity index (χ0v) is 16.2. The van der Waals surface area contributed by atoms with Crippen molar-refractivity contribution in [3.8, 4) is 17.0 Å². The van der Waals surface area contributed by atoms with Crippen LogP contribution in [0.2, 0.25) is 0 Å². The zero-order valence-electron chi connectivity index (χ0n) is 15.4. The Hall–Kier alpha value is -2.38. The van der Waals surface area contributed by atoms with Crippen LogP contribution in [0.15, 0.2) is 35.8 Å². The predicted octanol–water partition coefficient (Wildman–Crippen LogP) is 2.68. The van der Waals surface area contributed by atoms with Gasteiger partial charge in [-0.15, -0.1) is 11.3 Å². The largest absolute Gasteiger partial charge is 0.497 e. The number of nitrogens with one attached hydrogen (secondary N) is 1. The molecular formula is C19H24N4O2S. The van der Waals surface area contributed by atoms with Crippen molar-refractivity contribution < 1.29 is 9.53 Å². The van der Waals surface area contributed by atoms with E-state index in [9.17, 15) is 4.79 Å². The summed E-state index contributed by atoms with van der Waals surface area (Å²) in [5.74, 6) is 0.865. The standard InChI is InChI=1S/C19H24N4O2S/c1-22(2)10-4-9-20-18(24)11-15-13-26-19-21-17(12-23(15)19)14-5-7-16(25-3)8-6-14/h5-8,12-13H,4,9-11H2,1-3H3,(H,20,24). The lowest BCUT2D eigenvalue weighted by atomic mass is 10.2. The number of thiazole rings is 1. The second-order valence-corrected chi connectivity index (χ2v) is 7.25. The molecule has 7 heteroatoms. The molecule has 0 aliphatic rings. The van der Waals surface area contributed by atoms with E-state index in [-0.39, 0.29) is 5.91 Å². The van der Waals surface area contributed by atoms with Gasteiger partial charge in [-0.3, -0.25) is 9.20 Å². The molecular weight excluding hydrogens is 348 g/mol. The molecule has 0 aliphatic heterocycles. The van der Waals surface area contributed by atoms with Crippen molar-refractivity contribution in [1.29, 1.82) is 0 Å². The summed E-state index contributed by atoms with van der Waals surface area (Å²) < 4.78 is 7.20. The van der Waals surface area contributed by atoms with Gasteiger partial charge in [0, 0.05) is 29.4 Å². The first-order chi connectivity index (χ1) is 12.6. The topological polar surface area (TPSA) is 58.9 Å². The van der Waals surface area contributed by atoms with Gasteiger partial charge in [0.05, 0.1) is 19.2 Å². The summed E-state index contributed by atoms with van der Waals surface area (Å²) in [6.45, 7) is 1.67. The number of carbonyl (C=O) groups excluding carboxylic acids is 1. The average molecular weight is 372 g/mol. The van der Waals surface area contributed by atoms with Crippen LogP contribution in [0.5, 0.6) is 5.75 Å². The highest BCUT2D eigenvalue weighted by Gasteiger charge is 2.12. The zero-order chi connectivity index (χ0) is 18.5. The van der Waals surface area contributed by atoms with Crippen LogP contribution < -0.4 is 10.1 Å². The second-order valence-electron chi connectivity index (χ2n) is 6.42. The van der Waals surface area contributed by atoms with Gasteiger partial charge in [-0.05, 0) is 51.3 Å². The third-order valence-corrected chi connectivity index (χ3v) is 5.00. The van der Waals surface area contributed by atoms with E-state index in [0.29, 0.717) is 13.0 Å². The third kappa shape index (κ3) is 4.42. The van der Waals surface area contributed by atoms with E-state index in [1.54, 1.807) is 18.4 Å². The monoisotopic (exact) mass is 372 g/mol. The molecule has 138 valence electrons. The minimum Gasteiger partial charge on any atom is -0.497 e. The third-order valence-electron chi connectivity index (χ3n) is 4.12. The molecule has 1 amide bonds. The molecule has 6 nitrogen and oxygen atoms in total. The number of fused-ring (bicyclic) bond motifs is 1. The second kappa shape index (κ2) is 8.33. The molecule has 0 atom stereocenters. The molecule has 1 aromatic carbocycles. The summed E-state index contributed by atoms with van der Waals surface area (Å²) in [5.41, 5.74) is 2.88. The first-order valence-electron chi connectivity index (χ1n) is 8.58. The van der Waals surface area contributed by atoms with Gasteiger partial charge in [0.2, 0.25) is 5.91 Å². The number of nitrogens with zero attached hydrogens (tertiary/aromatic N) is 3. The molecule has 0 fully saturated rings. The highest BCUT2D eigenvalue weighted by molar-refractivity contribution is 7.15. The van der Waals surface area contributed by atoms with Crippen molar-refractivity contribution in [2.24, 2.45) is 0 Å². The molecule has 3 rings (SSSR count). The van der Waals surface area contributed by atoms with Crippen molar-refractivity contribution in [3.05, 3.63) is 41.5 Å². The maximum absolute atomic E-state index is 12.2. The van der Waals surface area contributed by atoms with E-state index in [1.165, 1.54) is 0 Å². The number of imidazole rings is 1. The van der Waals surface area contributed by atoms with Gasteiger partial charge < -0.3 is 15.0 Å². The minimum absolute atomic E-state index is 0.0446. The van der Waals surface area contributed by atoms with E-state index >= 15 is 0 Å². The van der Waals surface area contributed by atoms with E-state index in [0.717, 1.165) is 40.6 Å². The maximum Gasteiger partial charge on any atom is 0.225 e. The Morgan fingerprint density at radius 3 is 2.77 bits per heavy atom. The Labute approximate surface area is 157 Å². The molecule has 0 spiro atoms. The van der Waals surface area contributed by atoms with E-state index < -0.39 is 0 Å². The number of ether oxygens (including phenoxy) is 1. The minimum atomic E-state index is 0.0446. The molecule has 0 saturated carbocycles. The van der Waals surface area contributed by atoms with Crippen LogP contribution in [-0.2, 0) is 11.2 Å². The summed E-state index contributed by atoms with van der Waals surface area (Å²) in [5, 5.41) is 4.98. The van der Waals surface area contributed by atoms with Gasteiger partial charge in [0.15, 0.2) is 4.96 Å². The fraction of sp³-hybridized carbons (Fsp3) is 0.368. The summed E-state index contributed by atoms with van der Waals surface area (Å²) in [6.07, 6.45) is 3.30. The van der Waals surface area contributed by atoms with Crippen LogP contribution in [-0.4, -0.2) is 54.5 Å². The molecule has 26 heavy (non-hydrogen) atoms. The number of aromatic nitrogens is 2. The van der Waals surface area contributed by atoms with Crippen LogP contribution in [0.4, 0.5) is 0 Å². The Kier molecular flexibility index (Phi) is 5.90. The van der Waals surface area contributed by atoms with Gasteiger partial charge in [0.25, 0.3) is 0 Å². The van der Waals surface area contributed by atoms with Crippen LogP contribution in [0.1, 0.15) is 12.1 Å². The van der Waals surface area contributed by atoms with Crippen molar-refractivity contribution in [2.75, 3.05) is 34.3 Å². The first-order valence-corrected chi connectivity index (χ1v) is 9.46. The molecule has 1 N–H and O–H groups in total. The van der Waals surface area contributed by atoms with Crippen LogP contribution in [0.25, 0.3) is 16.2 Å². The number of amides is 1. The van der Waals surface area contributed by atoms with Crippen LogP contribution >= 0.6 is 11.3 Å². The molecule has 2 aromatic heterocycles. The summed E-state index contributed by atoms with van der Waals surface area (Å²) in [7, 11) is 5.71. The lowest BCUT2D eigenvalue weighted by Gasteiger charge is -2.09. The van der Waals surface area contributed by atoms with Crippen molar-refractivity contribution in [2.45, 2.75) is 12.8 Å². The highest BCUT2D eigenvalue weighted by Crippen LogP contribution is 2.25. The van der Waals surface area contributed by atoms with E-state index in [4.69, 9.17) is 4.74 Å². The molecule has 0 aliphatic carbocycles. The van der Waals surface area contributed by atoms with Crippen molar-refractivity contribution >= 4 is 22.2 Å². The number of hydrogen-bond acceptors (Lipinski definition) is 5. The number of carbonyl (C=O) groups is 1. The number of hydrogen-bond donors (Lipinski definition) is 1. The predicted molar refractivity (Wildman–Crippen MR) is 105 cm³/mol. The van der Waals surface area contributed by atoms with Crippen LogP contribution in [0.3, 0.4) is 0 Å². The SMILES string of the molecule is COc1ccc(-c2cn3c(CC(=O)NCCCN(C)C)csc3n2)cc1. The molecule has 0 radical (unpaired) electrons. The Balaban J connectivity index is 1.66. The summed E-state index contributed by atoms with van der Waals surface area (Å²) in [6, 6.07) is 7.82. The van der Waals surface area contributed by atoms with Crippen molar-refractivity contribution in [3.63, 3.8) is 0 Å². The van der Waals surface area contributed by atoms with Gasteiger partial charge in [-0.2, -0.15) is 0 Å². The highest BCUT2D eigenvalue weighted by atomic mass is 32.1. The normalized spacial score (nSPS) is 11.2. The number of benzene rings is 1. The van der Waals surface area contributed by atoms with Gasteiger partial charge in [0.1, 0.15) is 5.75 Å². The van der Waals surface area contributed by atoms with Gasteiger partial charge in [-0.25, -0.2) is 4.98 Å². The van der Waals surface area contributed by atoms with Gasteiger partial charge in [-0.1, -0.05) is 0 Å². The molecule has 3 aromatic rings. The lowest BCUT2D eigenvalue weighted by molar-refractivity contribution is -0.120. The van der Waals surface area contributed by atoms with Crippen LogP contribution in [0, 0.1) is 0 Å². The quantitative estimate of drug-likeness (QED) is 0.618. The van der Waals surface area contributed by atoms with Gasteiger partial charge >= 0.3 is 0 Å². The fourth-order valence-electron chi connectivity index (χ4n) is 2.71. The molecule has 2 heterocycles. The maximum atomic E-state index is 12.2. The lowest BCUT2D eigenvalue weighted by Crippen LogP contribution is -2.28. The fourth-order valence-corrected chi connectivity index (χ4v) is 3.58. The number of rotatable bonds is 8.